The van der Waals surface area contributed by atoms with Gasteiger partial charge in [0.25, 0.3) is 5.91 Å². The van der Waals surface area contributed by atoms with Crippen LogP contribution in [0, 0.1) is 13.8 Å². The third-order valence-electron chi connectivity index (χ3n) is 4.29. The number of amides is 1. The zero-order chi connectivity index (χ0) is 15.5. The van der Waals surface area contributed by atoms with Gasteiger partial charge in [-0.1, -0.05) is 0 Å². The summed E-state index contributed by atoms with van der Waals surface area (Å²) in [5, 5.41) is 0. The van der Waals surface area contributed by atoms with E-state index in [0.717, 1.165) is 49.8 Å². The second-order valence-corrected chi connectivity index (χ2v) is 6.11. The Morgan fingerprint density at radius 2 is 1.95 bits per heavy atom. The number of rotatable bonds is 2. The van der Waals surface area contributed by atoms with E-state index in [4.69, 9.17) is 4.74 Å². The van der Waals surface area contributed by atoms with Crippen LogP contribution in [0.5, 0.6) is 0 Å². The second kappa shape index (κ2) is 6.60. The van der Waals surface area contributed by atoms with Crippen molar-refractivity contribution in [2.75, 3.05) is 37.7 Å². The van der Waals surface area contributed by atoms with Gasteiger partial charge >= 0.3 is 0 Å². The first-order valence-corrected chi connectivity index (χ1v) is 8.11. The predicted octanol–water partition coefficient (Wildman–Crippen LogP) is 1.31. The Bertz CT molecular complexity index is 523. The summed E-state index contributed by atoms with van der Waals surface area (Å²) in [6, 6.07) is 1.97. The molecule has 6 nitrogen and oxygen atoms in total. The lowest BCUT2D eigenvalue weighted by Gasteiger charge is -2.36. The van der Waals surface area contributed by atoms with E-state index >= 15 is 0 Å². The summed E-state index contributed by atoms with van der Waals surface area (Å²) in [5.74, 6) is 1.79. The normalized spacial score (nSPS) is 22.7. The first-order valence-electron chi connectivity index (χ1n) is 8.11. The molecule has 0 aliphatic carbocycles. The van der Waals surface area contributed by atoms with E-state index in [0.29, 0.717) is 13.2 Å². The van der Waals surface area contributed by atoms with E-state index in [-0.39, 0.29) is 12.0 Å². The Morgan fingerprint density at radius 3 is 2.68 bits per heavy atom. The minimum absolute atomic E-state index is 0.131. The van der Waals surface area contributed by atoms with Crippen molar-refractivity contribution in [3.63, 3.8) is 0 Å². The van der Waals surface area contributed by atoms with Crippen LogP contribution in [0.25, 0.3) is 0 Å². The van der Waals surface area contributed by atoms with E-state index < -0.39 is 0 Å². The molecule has 0 radical (unpaired) electrons. The van der Waals surface area contributed by atoms with E-state index in [1.165, 1.54) is 6.42 Å². The number of hydrogen-bond donors (Lipinski definition) is 0. The number of nitrogens with zero attached hydrogens (tertiary/aromatic N) is 4. The highest BCUT2D eigenvalue weighted by Gasteiger charge is 2.31. The standard InChI is InChI=1S/C16H24N4O2/c1-12-10-15(18-13(2)17-12)20-8-9-22-14(11-20)16(21)19-6-4-3-5-7-19/h10,14H,3-9,11H2,1-2H3. The summed E-state index contributed by atoms with van der Waals surface area (Å²) in [7, 11) is 0. The Kier molecular flexibility index (Phi) is 4.57. The van der Waals surface area contributed by atoms with Gasteiger partial charge in [-0.05, 0) is 33.1 Å². The molecule has 2 saturated heterocycles. The lowest BCUT2D eigenvalue weighted by molar-refractivity contribution is -0.145. The van der Waals surface area contributed by atoms with E-state index in [2.05, 4.69) is 14.9 Å². The van der Waals surface area contributed by atoms with Crippen molar-refractivity contribution in [1.82, 2.24) is 14.9 Å². The van der Waals surface area contributed by atoms with Gasteiger partial charge in [-0.3, -0.25) is 4.79 Å². The molecule has 1 unspecified atom stereocenters. The van der Waals surface area contributed by atoms with Crippen LogP contribution in [-0.2, 0) is 9.53 Å². The Balaban J connectivity index is 1.69. The molecule has 0 bridgehead atoms. The average molecular weight is 304 g/mol. The molecule has 0 aromatic carbocycles. The summed E-state index contributed by atoms with van der Waals surface area (Å²) in [4.78, 5) is 25.5. The lowest BCUT2D eigenvalue weighted by Crippen LogP contribution is -2.52. The zero-order valence-corrected chi connectivity index (χ0v) is 13.4. The van der Waals surface area contributed by atoms with Gasteiger partial charge in [0.05, 0.1) is 13.2 Å². The van der Waals surface area contributed by atoms with Gasteiger partial charge in [0.1, 0.15) is 11.6 Å². The fraction of sp³-hybridized carbons (Fsp3) is 0.688. The number of ether oxygens (including phenoxy) is 1. The van der Waals surface area contributed by atoms with Gasteiger partial charge in [0.15, 0.2) is 6.10 Å². The number of aryl methyl sites for hydroxylation is 2. The molecule has 2 aliphatic rings. The molecule has 1 amide bonds. The Morgan fingerprint density at radius 1 is 1.18 bits per heavy atom. The highest BCUT2D eigenvalue weighted by Crippen LogP contribution is 2.19. The Labute approximate surface area is 131 Å². The predicted molar refractivity (Wildman–Crippen MR) is 83.9 cm³/mol. The lowest BCUT2D eigenvalue weighted by atomic mass is 10.1. The fourth-order valence-corrected chi connectivity index (χ4v) is 3.18. The number of piperidine rings is 1. The monoisotopic (exact) mass is 304 g/mol. The number of carbonyl (C=O) groups is 1. The van der Waals surface area contributed by atoms with Gasteiger partial charge in [-0.25, -0.2) is 9.97 Å². The summed E-state index contributed by atoms with van der Waals surface area (Å²) in [6.07, 6.45) is 3.06. The molecule has 3 rings (SSSR count). The van der Waals surface area contributed by atoms with Crippen LogP contribution in [0.2, 0.25) is 0 Å². The van der Waals surface area contributed by atoms with Crippen LogP contribution in [0.1, 0.15) is 30.8 Å². The van der Waals surface area contributed by atoms with Crippen molar-refractivity contribution < 1.29 is 9.53 Å². The largest absolute Gasteiger partial charge is 0.365 e. The number of morpholine rings is 1. The minimum Gasteiger partial charge on any atom is -0.365 e. The number of carbonyl (C=O) groups excluding carboxylic acids is 1. The molecular formula is C16H24N4O2. The van der Waals surface area contributed by atoms with E-state index in [9.17, 15) is 4.79 Å². The molecule has 1 aromatic rings. The number of anilines is 1. The molecule has 2 aliphatic heterocycles. The van der Waals surface area contributed by atoms with Crippen LogP contribution in [-0.4, -0.2) is 59.7 Å². The van der Waals surface area contributed by atoms with Crippen LogP contribution in [0.3, 0.4) is 0 Å². The van der Waals surface area contributed by atoms with Crippen molar-refractivity contribution >= 4 is 11.7 Å². The molecule has 0 N–H and O–H groups in total. The maximum Gasteiger partial charge on any atom is 0.253 e. The number of aromatic nitrogens is 2. The smallest absolute Gasteiger partial charge is 0.253 e. The zero-order valence-electron chi connectivity index (χ0n) is 13.4. The Hall–Kier alpha value is -1.69. The second-order valence-electron chi connectivity index (χ2n) is 6.11. The summed E-state index contributed by atoms with van der Waals surface area (Å²) in [6.45, 7) is 7.49. The highest BCUT2D eigenvalue weighted by atomic mass is 16.5. The first-order chi connectivity index (χ1) is 10.6. The number of hydrogen-bond acceptors (Lipinski definition) is 5. The van der Waals surface area contributed by atoms with Crippen molar-refractivity contribution in [2.24, 2.45) is 0 Å². The molecule has 2 fully saturated rings. The molecule has 6 heteroatoms. The molecule has 1 atom stereocenters. The van der Waals surface area contributed by atoms with Crippen molar-refractivity contribution in [2.45, 2.75) is 39.2 Å². The van der Waals surface area contributed by atoms with Gasteiger partial charge in [-0.15, -0.1) is 0 Å². The SMILES string of the molecule is Cc1cc(N2CCOC(C(=O)N3CCCCC3)C2)nc(C)n1. The summed E-state index contributed by atoms with van der Waals surface area (Å²) < 4.78 is 5.73. The molecule has 3 heterocycles. The molecule has 22 heavy (non-hydrogen) atoms. The average Bonchev–Trinajstić information content (AvgIpc) is 2.54. The minimum atomic E-state index is -0.373. The van der Waals surface area contributed by atoms with Gasteiger partial charge < -0.3 is 14.5 Å². The molecule has 1 aromatic heterocycles. The van der Waals surface area contributed by atoms with E-state index in [1.807, 2.05) is 24.8 Å². The van der Waals surface area contributed by atoms with Gasteiger partial charge in [0.2, 0.25) is 0 Å². The maximum atomic E-state index is 12.6. The molecule has 120 valence electrons. The molecular weight excluding hydrogens is 280 g/mol. The first kappa shape index (κ1) is 15.2. The van der Waals surface area contributed by atoms with Crippen LogP contribution in [0.15, 0.2) is 6.07 Å². The van der Waals surface area contributed by atoms with Crippen molar-refractivity contribution in [1.29, 1.82) is 0 Å². The molecule has 0 spiro atoms. The van der Waals surface area contributed by atoms with Crippen LogP contribution in [0.4, 0.5) is 5.82 Å². The van der Waals surface area contributed by atoms with Gasteiger partial charge in [0, 0.05) is 31.4 Å². The number of likely N-dealkylation sites (tertiary alicyclic amines) is 1. The van der Waals surface area contributed by atoms with Crippen molar-refractivity contribution in [3.8, 4) is 0 Å². The third-order valence-corrected chi connectivity index (χ3v) is 4.29. The quantitative estimate of drug-likeness (QED) is 0.824. The van der Waals surface area contributed by atoms with Crippen LogP contribution < -0.4 is 4.90 Å². The maximum absolute atomic E-state index is 12.6. The molecule has 0 saturated carbocycles. The highest BCUT2D eigenvalue weighted by molar-refractivity contribution is 5.82. The van der Waals surface area contributed by atoms with Gasteiger partial charge in [-0.2, -0.15) is 0 Å². The third kappa shape index (κ3) is 3.38. The fourth-order valence-electron chi connectivity index (χ4n) is 3.18. The van der Waals surface area contributed by atoms with Crippen LogP contribution >= 0.6 is 0 Å². The summed E-state index contributed by atoms with van der Waals surface area (Å²) >= 11 is 0. The van der Waals surface area contributed by atoms with E-state index in [1.54, 1.807) is 0 Å². The topological polar surface area (TPSA) is 58.6 Å². The van der Waals surface area contributed by atoms with Crippen molar-refractivity contribution in [3.05, 3.63) is 17.6 Å². The summed E-state index contributed by atoms with van der Waals surface area (Å²) in [5.41, 5.74) is 0.952.